The van der Waals surface area contributed by atoms with E-state index in [-0.39, 0.29) is 28.1 Å². The van der Waals surface area contributed by atoms with Gasteiger partial charge in [-0.2, -0.15) is 0 Å². The minimum Gasteiger partial charge on any atom is -0.379 e. The molecular formula is C13H16N4O3. The standard InChI is InChI=1S/C13H16N4O3/c1-12(2)11(13(12,3)4)14-7-5-6-8(17(18)19)10-9(7)15-20-16-10/h5-6,11,14H,1-4H3. The molecule has 0 unspecified atom stereocenters. The number of anilines is 1. The summed E-state index contributed by atoms with van der Waals surface area (Å²) in [6.07, 6.45) is 0. The predicted molar refractivity (Wildman–Crippen MR) is 73.4 cm³/mol. The van der Waals surface area contributed by atoms with Crippen molar-refractivity contribution < 1.29 is 9.55 Å². The lowest BCUT2D eigenvalue weighted by Gasteiger charge is -2.08. The quantitative estimate of drug-likeness (QED) is 0.684. The first-order valence-corrected chi connectivity index (χ1v) is 6.43. The zero-order chi connectivity index (χ0) is 14.7. The second-order valence-corrected chi connectivity index (χ2v) is 6.37. The largest absolute Gasteiger partial charge is 0.379 e. The van der Waals surface area contributed by atoms with Crippen LogP contribution in [0.5, 0.6) is 0 Å². The molecule has 0 aliphatic heterocycles. The molecule has 2 aromatic rings. The van der Waals surface area contributed by atoms with Gasteiger partial charge in [-0.25, -0.2) is 4.63 Å². The fourth-order valence-electron chi connectivity index (χ4n) is 2.83. The third kappa shape index (κ3) is 1.52. The van der Waals surface area contributed by atoms with Gasteiger partial charge < -0.3 is 5.32 Å². The lowest BCUT2D eigenvalue weighted by molar-refractivity contribution is -0.383. The van der Waals surface area contributed by atoms with Crippen molar-refractivity contribution in [1.82, 2.24) is 10.3 Å². The first-order valence-electron chi connectivity index (χ1n) is 6.43. The third-order valence-electron chi connectivity index (χ3n) is 4.91. The van der Waals surface area contributed by atoms with Crippen LogP contribution in [0.4, 0.5) is 11.4 Å². The summed E-state index contributed by atoms with van der Waals surface area (Å²) in [6.45, 7) is 8.76. The Morgan fingerprint density at radius 2 is 1.80 bits per heavy atom. The van der Waals surface area contributed by atoms with Gasteiger partial charge in [-0.3, -0.25) is 10.1 Å². The highest BCUT2D eigenvalue weighted by molar-refractivity contribution is 5.93. The normalized spacial score (nSPS) is 20.0. The molecule has 0 atom stereocenters. The maximum atomic E-state index is 10.9. The number of nitrogens with one attached hydrogen (secondary N) is 1. The van der Waals surface area contributed by atoms with Crippen LogP contribution in [-0.2, 0) is 0 Å². The van der Waals surface area contributed by atoms with Crippen LogP contribution in [0.3, 0.4) is 0 Å². The Hall–Kier alpha value is -2.18. The minimum atomic E-state index is -0.485. The van der Waals surface area contributed by atoms with Gasteiger partial charge in [0.2, 0.25) is 5.52 Å². The molecule has 20 heavy (non-hydrogen) atoms. The number of rotatable bonds is 3. The van der Waals surface area contributed by atoms with Gasteiger partial charge >= 0.3 is 5.69 Å². The van der Waals surface area contributed by atoms with Gasteiger partial charge in [0, 0.05) is 12.1 Å². The Morgan fingerprint density at radius 1 is 1.20 bits per heavy atom. The number of hydrogen-bond acceptors (Lipinski definition) is 6. The molecule has 1 heterocycles. The zero-order valence-electron chi connectivity index (χ0n) is 11.8. The summed E-state index contributed by atoms with van der Waals surface area (Å²) >= 11 is 0. The molecule has 1 aromatic heterocycles. The lowest BCUT2D eigenvalue weighted by atomic mass is 10.0. The van der Waals surface area contributed by atoms with Crippen LogP contribution < -0.4 is 5.32 Å². The molecule has 106 valence electrons. The molecule has 7 heteroatoms. The van der Waals surface area contributed by atoms with E-state index in [1.54, 1.807) is 6.07 Å². The SMILES string of the molecule is CC1(C)C(Nc2ccc([N+](=O)[O-])c3nonc23)C1(C)C. The van der Waals surface area contributed by atoms with E-state index in [1.165, 1.54) is 6.07 Å². The number of non-ortho nitro benzene ring substituents is 1. The number of benzene rings is 1. The molecule has 0 radical (unpaired) electrons. The van der Waals surface area contributed by atoms with E-state index in [1.807, 2.05) is 0 Å². The molecular weight excluding hydrogens is 260 g/mol. The number of aromatic nitrogens is 2. The number of hydrogen-bond donors (Lipinski definition) is 1. The Kier molecular flexibility index (Phi) is 2.36. The molecule has 3 rings (SSSR count). The van der Waals surface area contributed by atoms with Crippen LogP contribution in [0, 0.1) is 20.9 Å². The average molecular weight is 276 g/mol. The molecule has 1 saturated carbocycles. The topological polar surface area (TPSA) is 94.1 Å². The van der Waals surface area contributed by atoms with E-state index >= 15 is 0 Å². The van der Waals surface area contributed by atoms with E-state index in [0.717, 1.165) is 5.69 Å². The summed E-state index contributed by atoms with van der Waals surface area (Å²) in [5.74, 6) is 0. The molecule has 0 amide bonds. The monoisotopic (exact) mass is 276 g/mol. The van der Waals surface area contributed by atoms with Gasteiger partial charge in [0.15, 0.2) is 5.52 Å². The van der Waals surface area contributed by atoms with E-state index in [4.69, 9.17) is 0 Å². The van der Waals surface area contributed by atoms with Gasteiger partial charge in [0.05, 0.1) is 10.6 Å². The Labute approximate surface area is 115 Å². The van der Waals surface area contributed by atoms with Crippen molar-refractivity contribution in [2.24, 2.45) is 10.8 Å². The fraction of sp³-hybridized carbons (Fsp3) is 0.538. The molecule has 1 aliphatic carbocycles. The summed E-state index contributed by atoms with van der Waals surface area (Å²) in [6, 6.07) is 3.36. The summed E-state index contributed by atoms with van der Waals surface area (Å²) in [5, 5.41) is 21.8. The highest BCUT2D eigenvalue weighted by Gasteiger charge is 2.65. The van der Waals surface area contributed by atoms with Gasteiger partial charge in [-0.05, 0) is 27.2 Å². The van der Waals surface area contributed by atoms with E-state index in [2.05, 4.69) is 48.0 Å². The molecule has 1 aromatic carbocycles. The van der Waals surface area contributed by atoms with E-state index < -0.39 is 4.92 Å². The van der Waals surface area contributed by atoms with Gasteiger partial charge in [0.25, 0.3) is 0 Å². The number of fused-ring (bicyclic) bond motifs is 1. The third-order valence-corrected chi connectivity index (χ3v) is 4.91. The molecule has 1 N–H and O–H groups in total. The van der Waals surface area contributed by atoms with Crippen molar-refractivity contribution in [2.45, 2.75) is 33.7 Å². The Balaban J connectivity index is 2.01. The van der Waals surface area contributed by atoms with Gasteiger partial charge in [-0.15, -0.1) is 0 Å². The summed E-state index contributed by atoms with van der Waals surface area (Å²) in [4.78, 5) is 10.5. The van der Waals surface area contributed by atoms with Crippen LogP contribution >= 0.6 is 0 Å². The molecule has 1 fully saturated rings. The van der Waals surface area contributed by atoms with Crippen molar-refractivity contribution in [3.05, 3.63) is 22.2 Å². The van der Waals surface area contributed by atoms with Crippen LogP contribution in [0.15, 0.2) is 16.8 Å². The number of nitrogens with zero attached hydrogens (tertiary/aromatic N) is 3. The van der Waals surface area contributed by atoms with Crippen molar-refractivity contribution >= 4 is 22.4 Å². The second kappa shape index (κ2) is 3.68. The first kappa shape index (κ1) is 12.8. The second-order valence-electron chi connectivity index (χ2n) is 6.37. The van der Waals surface area contributed by atoms with Crippen molar-refractivity contribution in [3.63, 3.8) is 0 Å². The first-order chi connectivity index (χ1) is 9.26. The molecule has 0 saturated heterocycles. The maximum absolute atomic E-state index is 10.9. The Morgan fingerprint density at radius 3 is 2.35 bits per heavy atom. The van der Waals surface area contributed by atoms with Gasteiger partial charge in [0.1, 0.15) is 0 Å². The highest BCUT2D eigenvalue weighted by Crippen LogP contribution is 2.63. The minimum absolute atomic E-state index is 0.0962. The maximum Gasteiger partial charge on any atom is 0.300 e. The number of nitro benzene ring substituents is 1. The van der Waals surface area contributed by atoms with Crippen molar-refractivity contribution in [3.8, 4) is 0 Å². The fourth-order valence-corrected chi connectivity index (χ4v) is 2.83. The highest BCUT2D eigenvalue weighted by atomic mass is 16.6. The molecule has 0 bridgehead atoms. The van der Waals surface area contributed by atoms with E-state index in [0.29, 0.717) is 5.52 Å². The van der Waals surface area contributed by atoms with Crippen molar-refractivity contribution in [1.29, 1.82) is 0 Å². The number of nitro groups is 1. The molecule has 1 aliphatic rings. The van der Waals surface area contributed by atoms with Crippen LogP contribution in [0.2, 0.25) is 0 Å². The summed E-state index contributed by atoms with van der Waals surface area (Å²) in [5.41, 5.74) is 1.50. The van der Waals surface area contributed by atoms with Crippen LogP contribution in [0.25, 0.3) is 11.0 Å². The lowest BCUT2D eigenvalue weighted by Crippen LogP contribution is -2.10. The average Bonchev–Trinajstić information content (AvgIpc) is 2.76. The van der Waals surface area contributed by atoms with Crippen LogP contribution in [0.1, 0.15) is 27.7 Å². The van der Waals surface area contributed by atoms with Crippen molar-refractivity contribution in [2.75, 3.05) is 5.32 Å². The zero-order valence-corrected chi connectivity index (χ0v) is 11.8. The van der Waals surface area contributed by atoms with E-state index in [9.17, 15) is 10.1 Å². The predicted octanol–water partition coefficient (Wildman–Crippen LogP) is 2.98. The van der Waals surface area contributed by atoms with Crippen LogP contribution in [-0.4, -0.2) is 21.3 Å². The summed E-state index contributed by atoms with van der Waals surface area (Å²) < 4.78 is 4.66. The van der Waals surface area contributed by atoms with Gasteiger partial charge in [-0.1, -0.05) is 27.7 Å². The Bertz CT molecular complexity index is 691. The molecule has 7 nitrogen and oxygen atoms in total. The summed E-state index contributed by atoms with van der Waals surface area (Å²) in [7, 11) is 0. The smallest absolute Gasteiger partial charge is 0.300 e. The molecule has 0 spiro atoms.